The zero-order chi connectivity index (χ0) is 18.3. The van der Waals surface area contributed by atoms with Crippen molar-refractivity contribution < 1.29 is 4.57 Å². The van der Waals surface area contributed by atoms with Crippen molar-refractivity contribution in [3.8, 4) is 0 Å². The van der Waals surface area contributed by atoms with Crippen molar-refractivity contribution in [2.75, 3.05) is 0 Å². The van der Waals surface area contributed by atoms with E-state index in [9.17, 15) is 0 Å². The van der Waals surface area contributed by atoms with Crippen LogP contribution in [0.15, 0.2) is 12.4 Å². The van der Waals surface area contributed by atoms with E-state index >= 15 is 0 Å². The summed E-state index contributed by atoms with van der Waals surface area (Å²) in [5, 5.41) is 0. The highest BCUT2D eigenvalue weighted by molar-refractivity contribution is 4.89. The number of nitrogens with zero attached hydrogens (tertiary/aromatic N) is 1. The largest absolute Gasteiger partial charge is 0.257 e. The van der Waals surface area contributed by atoms with Gasteiger partial charge in [0, 0.05) is 0 Å². The van der Waals surface area contributed by atoms with Crippen LogP contribution in [0.1, 0.15) is 135 Å². The fourth-order valence-electron chi connectivity index (χ4n) is 3.90. The van der Waals surface area contributed by atoms with E-state index in [2.05, 4.69) is 49.6 Å². The lowest BCUT2D eigenvalue weighted by molar-refractivity contribution is -0.723. The summed E-state index contributed by atoms with van der Waals surface area (Å²) in [6, 6.07) is 0.553. The predicted molar refractivity (Wildman–Crippen MR) is 110 cm³/mol. The minimum Gasteiger partial charge on any atom is -0.247 e. The summed E-state index contributed by atoms with van der Waals surface area (Å²) in [7, 11) is 0. The molecule has 2 heteroatoms. The molecule has 1 N–H and O–H groups in total. The van der Waals surface area contributed by atoms with E-state index in [4.69, 9.17) is 0 Å². The SMILES string of the molecule is CCCCCCCCCCCCCC[C@H](CC)c1[nH]cc[n+]1C(C)C. The third kappa shape index (κ3) is 9.47. The Bertz CT molecular complexity index is 408. The average molecular weight is 350 g/mol. The van der Waals surface area contributed by atoms with Gasteiger partial charge in [-0.15, -0.1) is 0 Å². The predicted octanol–water partition coefficient (Wildman–Crippen LogP) is 7.47. The van der Waals surface area contributed by atoms with Crippen molar-refractivity contribution in [1.82, 2.24) is 4.98 Å². The number of rotatable bonds is 16. The molecule has 0 aliphatic rings. The molecule has 2 nitrogen and oxygen atoms in total. The van der Waals surface area contributed by atoms with Gasteiger partial charge in [0.25, 0.3) is 5.82 Å². The molecule has 0 saturated carbocycles. The summed E-state index contributed by atoms with van der Waals surface area (Å²) in [4.78, 5) is 3.49. The van der Waals surface area contributed by atoms with Gasteiger partial charge in [-0.3, -0.25) is 0 Å². The molecular weight excluding hydrogens is 304 g/mol. The first-order valence-electron chi connectivity index (χ1n) is 11.3. The standard InChI is InChI=1S/C23H44N2/c1-5-7-8-9-10-11-12-13-14-15-16-17-18-22(6-2)23-24-19-20-25(23)21(3)4/h19-22H,5-18H2,1-4H3/p+1/t22-/m0/s1. The van der Waals surface area contributed by atoms with E-state index in [1.54, 1.807) is 0 Å². The Morgan fingerprint density at radius 3 is 1.80 bits per heavy atom. The van der Waals surface area contributed by atoms with Gasteiger partial charge in [0.2, 0.25) is 0 Å². The summed E-state index contributed by atoms with van der Waals surface area (Å²) < 4.78 is 2.41. The van der Waals surface area contributed by atoms with Gasteiger partial charge >= 0.3 is 0 Å². The van der Waals surface area contributed by atoms with Gasteiger partial charge in [0.1, 0.15) is 12.4 Å². The van der Waals surface area contributed by atoms with Gasteiger partial charge in [0.15, 0.2) is 0 Å². The number of hydrogen-bond donors (Lipinski definition) is 1. The Morgan fingerprint density at radius 2 is 1.32 bits per heavy atom. The summed E-state index contributed by atoms with van der Waals surface area (Å²) >= 11 is 0. The molecule has 1 aromatic rings. The molecule has 1 heterocycles. The number of hydrogen-bond acceptors (Lipinski definition) is 0. The summed E-state index contributed by atoms with van der Waals surface area (Å²) in [6.07, 6.45) is 24.1. The van der Waals surface area contributed by atoms with E-state index in [-0.39, 0.29) is 0 Å². The van der Waals surface area contributed by atoms with Crippen molar-refractivity contribution in [2.45, 2.75) is 130 Å². The minimum atomic E-state index is 0.553. The fraction of sp³-hybridized carbons (Fsp3) is 0.870. The molecule has 0 fully saturated rings. The second-order valence-electron chi connectivity index (χ2n) is 8.13. The van der Waals surface area contributed by atoms with E-state index in [1.165, 1.54) is 95.7 Å². The summed E-state index contributed by atoms with van der Waals surface area (Å²) in [6.45, 7) is 9.17. The number of aromatic amines is 1. The Labute approximate surface area is 157 Å². The Kier molecular flexibility index (Phi) is 12.8. The molecule has 0 bridgehead atoms. The highest BCUT2D eigenvalue weighted by Gasteiger charge is 2.22. The average Bonchev–Trinajstić information content (AvgIpc) is 3.09. The first kappa shape index (κ1) is 22.3. The van der Waals surface area contributed by atoms with Crippen molar-refractivity contribution in [2.24, 2.45) is 0 Å². The zero-order valence-electron chi connectivity index (χ0n) is 17.7. The normalized spacial score (nSPS) is 12.8. The summed E-state index contributed by atoms with van der Waals surface area (Å²) in [5.74, 6) is 2.13. The van der Waals surface area contributed by atoms with Crippen molar-refractivity contribution in [3.63, 3.8) is 0 Å². The molecule has 1 aromatic heterocycles. The maximum atomic E-state index is 3.49. The fourth-order valence-corrected chi connectivity index (χ4v) is 3.90. The first-order valence-corrected chi connectivity index (χ1v) is 11.3. The second kappa shape index (κ2) is 14.4. The van der Waals surface area contributed by atoms with E-state index in [1.807, 2.05) is 0 Å². The van der Waals surface area contributed by atoms with Crippen LogP contribution >= 0.6 is 0 Å². The molecule has 0 amide bonds. The van der Waals surface area contributed by atoms with Gasteiger partial charge in [0.05, 0.1) is 12.0 Å². The smallest absolute Gasteiger partial charge is 0.247 e. The van der Waals surface area contributed by atoms with Gasteiger partial charge < -0.3 is 0 Å². The Hall–Kier alpha value is -0.790. The number of nitrogens with one attached hydrogen (secondary N) is 1. The third-order valence-electron chi connectivity index (χ3n) is 5.59. The van der Waals surface area contributed by atoms with E-state index in [0.717, 1.165) is 0 Å². The molecule has 0 saturated heterocycles. The van der Waals surface area contributed by atoms with Crippen LogP contribution in [0.5, 0.6) is 0 Å². The van der Waals surface area contributed by atoms with Crippen LogP contribution in [0.2, 0.25) is 0 Å². The van der Waals surface area contributed by atoms with Gasteiger partial charge in [-0.1, -0.05) is 90.9 Å². The van der Waals surface area contributed by atoms with Crippen LogP contribution in [-0.2, 0) is 0 Å². The quantitative estimate of drug-likeness (QED) is 0.236. The van der Waals surface area contributed by atoms with Crippen LogP contribution in [0.3, 0.4) is 0 Å². The van der Waals surface area contributed by atoms with E-state index in [0.29, 0.717) is 12.0 Å². The van der Waals surface area contributed by atoms with Crippen molar-refractivity contribution in [1.29, 1.82) is 0 Å². The van der Waals surface area contributed by atoms with Crippen molar-refractivity contribution in [3.05, 3.63) is 18.2 Å². The highest BCUT2D eigenvalue weighted by Crippen LogP contribution is 2.23. The number of unbranched alkanes of at least 4 members (excludes halogenated alkanes) is 11. The maximum Gasteiger partial charge on any atom is 0.257 e. The Morgan fingerprint density at radius 1 is 0.800 bits per heavy atom. The molecule has 0 radical (unpaired) electrons. The maximum absolute atomic E-state index is 3.49. The van der Waals surface area contributed by atoms with Crippen LogP contribution in [0.4, 0.5) is 0 Å². The number of H-pyrrole nitrogens is 1. The molecule has 0 unspecified atom stereocenters. The first-order chi connectivity index (χ1) is 12.2. The lowest BCUT2D eigenvalue weighted by atomic mass is 9.96. The van der Waals surface area contributed by atoms with Crippen LogP contribution in [0, 0.1) is 0 Å². The van der Waals surface area contributed by atoms with Crippen LogP contribution < -0.4 is 4.57 Å². The molecule has 0 aromatic carbocycles. The van der Waals surface area contributed by atoms with Gasteiger partial charge in [-0.2, -0.15) is 0 Å². The zero-order valence-corrected chi connectivity index (χ0v) is 17.7. The number of imidazole rings is 1. The number of aromatic nitrogens is 2. The molecule has 0 aliphatic heterocycles. The van der Waals surface area contributed by atoms with Gasteiger partial charge in [-0.25, -0.2) is 9.55 Å². The monoisotopic (exact) mass is 349 g/mol. The molecular formula is C23H45N2+. The Balaban J connectivity index is 2.04. The molecule has 0 aliphatic carbocycles. The lowest BCUT2D eigenvalue weighted by Gasteiger charge is -2.13. The molecule has 1 atom stereocenters. The lowest BCUT2D eigenvalue weighted by Crippen LogP contribution is -2.39. The molecule has 146 valence electrons. The van der Waals surface area contributed by atoms with Gasteiger partial charge in [-0.05, 0) is 26.7 Å². The van der Waals surface area contributed by atoms with E-state index < -0.39 is 0 Å². The topological polar surface area (TPSA) is 19.7 Å². The van der Waals surface area contributed by atoms with Crippen LogP contribution in [0.25, 0.3) is 0 Å². The minimum absolute atomic E-state index is 0.553. The van der Waals surface area contributed by atoms with Crippen LogP contribution in [-0.4, -0.2) is 4.98 Å². The molecule has 1 rings (SSSR count). The third-order valence-corrected chi connectivity index (χ3v) is 5.59. The highest BCUT2D eigenvalue weighted by atomic mass is 15.1. The summed E-state index contributed by atoms with van der Waals surface area (Å²) in [5.41, 5.74) is 0. The van der Waals surface area contributed by atoms with Crippen molar-refractivity contribution >= 4 is 0 Å². The molecule has 0 spiro atoms. The second-order valence-corrected chi connectivity index (χ2v) is 8.13. The molecule has 25 heavy (non-hydrogen) atoms.